The number of carbonyl (C=O) groups excluding carboxylic acids is 1. The van der Waals surface area contributed by atoms with E-state index >= 15 is 0 Å². The lowest BCUT2D eigenvalue weighted by Gasteiger charge is -2.14. The van der Waals surface area contributed by atoms with Crippen molar-refractivity contribution in [3.05, 3.63) is 119 Å². The number of sulfonamides is 1. The number of nitrogens with one attached hydrogen (secondary N) is 1. The van der Waals surface area contributed by atoms with E-state index in [1.54, 1.807) is 18.4 Å². The zero-order chi connectivity index (χ0) is 28.1. The summed E-state index contributed by atoms with van der Waals surface area (Å²) in [7, 11) is -3.93. The minimum Gasteiger partial charge on any atom is -0.461 e. The molecule has 1 atom stereocenters. The van der Waals surface area contributed by atoms with Crippen molar-refractivity contribution >= 4 is 44.7 Å². The normalized spacial score (nSPS) is 12.7. The fourth-order valence-electron chi connectivity index (χ4n) is 4.29. The van der Waals surface area contributed by atoms with Crippen LogP contribution in [0.4, 0.5) is 0 Å². The van der Waals surface area contributed by atoms with Gasteiger partial charge in [0.2, 0.25) is 11.8 Å². The van der Waals surface area contributed by atoms with E-state index in [0.29, 0.717) is 18.7 Å². The van der Waals surface area contributed by atoms with Crippen LogP contribution in [0, 0.1) is 6.92 Å². The molecule has 0 radical (unpaired) electrons. The number of amides is 1. The third-order valence-electron chi connectivity index (χ3n) is 6.37. The smallest absolute Gasteiger partial charge is 0.257 e. The predicted molar refractivity (Wildman–Crippen MR) is 159 cm³/mol. The quantitative estimate of drug-likeness (QED) is 0.207. The number of hydrogen-bond acceptors (Lipinski definition) is 7. The van der Waals surface area contributed by atoms with Crippen LogP contribution in [0.2, 0.25) is 0 Å². The van der Waals surface area contributed by atoms with Crippen LogP contribution in [0.25, 0.3) is 28.5 Å². The summed E-state index contributed by atoms with van der Waals surface area (Å²) in [6, 6.07) is 26.5. The Balaban J connectivity index is 1.26. The van der Waals surface area contributed by atoms with Gasteiger partial charge in [-0.3, -0.25) is 4.79 Å². The zero-order valence-electron chi connectivity index (χ0n) is 22.0. The summed E-state index contributed by atoms with van der Waals surface area (Å²) in [5.41, 5.74) is 4.07. The molecule has 3 aromatic carbocycles. The highest BCUT2D eigenvalue weighted by molar-refractivity contribution is 8.00. The molecule has 5 rings (SSSR count). The molecule has 0 aliphatic heterocycles. The standard InChI is InChI=1S/C31H28N2O5S2/c1-21-27(32-31(37-21)24-11-7-4-8-12-24)20-26-19-25-17-23(13-14-28(25)38-26)18-29(39-2)30(34)33-40(35,36)16-15-22-9-5-3-6-10-22/h3-17,19,29H,18,20H2,1-2H3,(H,33,34)/b16-15+. The summed E-state index contributed by atoms with van der Waals surface area (Å²) >= 11 is 1.30. The van der Waals surface area contributed by atoms with Crippen molar-refractivity contribution in [3.63, 3.8) is 0 Å². The van der Waals surface area contributed by atoms with Gasteiger partial charge in [-0.2, -0.15) is 11.8 Å². The van der Waals surface area contributed by atoms with Crippen molar-refractivity contribution in [2.45, 2.75) is 25.0 Å². The molecule has 1 unspecified atom stereocenters. The first-order chi connectivity index (χ1) is 19.3. The molecule has 0 bridgehead atoms. The summed E-state index contributed by atoms with van der Waals surface area (Å²) in [5, 5.41) is 1.32. The summed E-state index contributed by atoms with van der Waals surface area (Å²) < 4.78 is 39.0. The van der Waals surface area contributed by atoms with E-state index < -0.39 is 21.2 Å². The van der Waals surface area contributed by atoms with Gasteiger partial charge in [0.25, 0.3) is 10.0 Å². The van der Waals surface area contributed by atoms with Gasteiger partial charge in [-0.1, -0.05) is 54.6 Å². The zero-order valence-corrected chi connectivity index (χ0v) is 23.7. The van der Waals surface area contributed by atoms with Gasteiger partial charge in [-0.25, -0.2) is 18.1 Å². The molecule has 0 aliphatic rings. The molecule has 0 saturated carbocycles. The largest absolute Gasteiger partial charge is 0.461 e. The fraction of sp³-hybridized carbons (Fsp3) is 0.161. The Hall–Kier alpha value is -4.08. The van der Waals surface area contributed by atoms with Crippen LogP contribution >= 0.6 is 11.8 Å². The van der Waals surface area contributed by atoms with Crippen LogP contribution < -0.4 is 4.72 Å². The number of nitrogens with zero attached hydrogens (tertiary/aromatic N) is 1. The summed E-state index contributed by atoms with van der Waals surface area (Å²) in [6.07, 6.45) is 4.09. The van der Waals surface area contributed by atoms with Crippen molar-refractivity contribution < 1.29 is 22.0 Å². The molecule has 2 heterocycles. The van der Waals surface area contributed by atoms with Crippen LogP contribution in [0.5, 0.6) is 0 Å². The van der Waals surface area contributed by atoms with Crippen molar-refractivity contribution in [1.82, 2.24) is 9.71 Å². The van der Waals surface area contributed by atoms with Gasteiger partial charge >= 0.3 is 0 Å². The Morgan fingerprint density at radius 3 is 2.45 bits per heavy atom. The third-order valence-corrected chi connectivity index (χ3v) is 8.30. The van der Waals surface area contributed by atoms with Crippen LogP contribution in [0.15, 0.2) is 99.2 Å². The average Bonchev–Trinajstić information content (AvgIpc) is 3.53. The summed E-state index contributed by atoms with van der Waals surface area (Å²) in [6.45, 7) is 1.89. The molecule has 0 spiro atoms. The Morgan fingerprint density at radius 2 is 1.73 bits per heavy atom. The minimum absolute atomic E-state index is 0.365. The second-order valence-corrected chi connectivity index (χ2v) is 11.9. The molecule has 0 saturated heterocycles. The van der Waals surface area contributed by atoms with E-state index in [-0.39, 0.29) is 0 Å². The molecule has 9 heteroatoms. The number of oxazole rings is 1. The number of rotatable bonds is 10. The number of benzene rings is 3. The topological polar surface area (TPSA) is 102 Å². The number of furan rings is 1. The molecule has 1 amide bonds. The van der Waals surface area contributed by atoms with E-state index in [0.717, 1.165) is 50.3 Å². The first-order valence-corrected chi connectivity index (χ1v) is 15.5. The Labute approximate surface area is 237 Å². The lowest BCUT2D eigenvalue weighted by atomic mass is 10.1. The lowest BCUT2D eigenvalue weighted by Crippen LogP contribution is -2.37. The van der Waals surface area contributed by atoms with Gasteiger partial charge in [0.1, 0.15) is 17.1 Å². The number of fused-ring (bicyclic) bond motifs is 1. The lowest BCUT2D eigenvalue weighted by molar-refractivity contribution is -0.118. The highest BCUT2D eigenvalue weighted by atomic mass is 32.2. The second kappa shape index (κ2) is 12.0. The summed E-state index contributed by atoms with van der Waals surface area (Å²) in [4.78, 5) is 17.5. The Kier molecular flexibility index (Phi) is 8.23. The van der Waals surface area contributed by atoms with Gasteiger partial charge in [0.15, 0.2) is 0 Å². The number of hydrogen-bond donors (Lipinski definition) is 1. The predicted octanol–water partition coefficient (Wildman–Crippen LogP) is 6.38. The van der Waals surface area contributed by atoms with E-state index in [1.165, 1.54) is 17.8 Å². The molecular weight excluding hydrogens is 544 g/mol. The molecule has 40 heavy (non-hydrogen) atoms. The molecule has 7 nitrogen and oxygen atoms in total. The van der Waals surface area contributed by atoms with Gasteiger partial charge < -0.3 is 8.83 Å². The number of carbonyl (C=O) groups is 1. The van der Waals surface area contributed by atoms with E-state index in [4.69, 9.17) is 8.83 Å². The molecule has 0 fully saturated rings. The maximum absolute atomic E-state index is 12.8. The molecule has 2 aromatic heterocycles. The third kappa shape index (κ3) is 6.73. The molecule has 0 aliphatic carbocycles. The molecule has 5 aromatic rings. The Bertz CT molecular complexity index is 1760. The fourth-order valence-corrected chi connectivity index (χ4v) is 5.83. The van der Waals surface area contributed by atoms with Gasteiger partial charge in [0, 0.05) is 10.9 Å². The SMILES string of the molecule is CSC(Cc1ccc2oc(Cc3nc(-c4ccccc4)oc3C)cc2c1)C(=O)NS(=O)(=O)/C=C/c1ccccc1. The first-order valence-electron chi connectivity index (χ1n) is 12.7. The molecule has 1 N–H and O–H groups in total. The van der Waals surface area contributed by atoms with E-state index in [2.05, 4.69) is 9.71 Å². The van der Waals surface area contributed by atoms with Crippen molar-refractivity contribution in [3.8, 4) is 11.5 Å². The molecular formula is C31H28N2O5S2. The maximum atomic E-state index is 12.8. The maximum Gasteiger partial charge on any atom is 0.257 e. The van der Waals surface area contributed by atoms with Crippen molar-refractivity contribution in [1.29, 1.82) is 0 Å². The van der Waals surface area contributed by atoms with E-state index in [1.807, 2.05) is 79.7 Å². The summed E-state index contributed by atoms with van der Waals surface area (Å²) in [5.74, 6) is 1.50. The first kappa shape index (κ1) is 27.5. The van der Waals surface area contributed by atoms with Crippen molar-refractivity contribution in [2.75, 3.05) is 6.26 Å². The highest BCUT2D eigenvalue weighted by Gasteiger charge is 2.22. The van der Waals surface area contributed by atoms with Crippen LogP contribution in [-0.4, -0.2) is 30.8 Å². The monoisotopic (exact) mass is 572 g/mol. The second-order valence-electron chi connectivity index (χ2n) is 9.30. The van der Waals surface area contributed by atoms with E-state index in [9.17, 15) is 13.2 Å². The van der Waals surface area contributed by atoms with Crippen LogP contribution in [-0.2, 0) is 27.7 Å². The molecule has 204 valence electrons. The number of thioether (sulfide) groups is 1. The van der Waals surface area contributed by atoms with Crippen LogP contribution in [0.1, 0.15) is 28.3 Å². The van der Waals surface area contributed by atoms with Crippen molar-refractivity contribution in [2.24, 2.45) is 0 Å². The minimum atomic E-state index is -3.93. The van der Waals surface area contributed by atoms with Gasteiger partial charge in [-0.15, -0.1) is 0 Å². The average molecular weight is 573 g/mol. The highest BCUT2D eigenvalue weighted by Crippen LogP contribution is 2.27. The number of aryl methyl sites for hydroxylation is 1. The van der Waals surface area contributed by atoms with Gasteiger partial charge in [-0.05, 0) is 67.1 Å². The van der Waals surface area contributed by atoms with Crippen LogP contribution in [0.3, 0.4) is 0 Å². The van der Waals surface area contributed by atoms with Gasteiger partial charge in [0.05, 0.1) is 22.8 Å². The number of aromatic nitrogens is 1. The Morgan fingerprint density at radius 1 is 1.00 bits per heavy atom.